The van der Waals surface area contributed by atoms with E-state index < -0.39 is 0 Å². The van der Waals surface area contributed by atoms with Crippen molar-refractivity contribution in [3.05, 3.63) is 36.1 Å². The summed E-state index contributed by atoms with van der Waals surface area (Å²) < 4.78 is 5.44. The number of hydrogen-bond donors (Lipinski definition) is 1. The quantitative estimate of drug-likeness (QED) is 0.621. The van der Waals surface area contributed by atoms with Crippen LogP contribution in [0.25, 0.3) is 0 Å². The monoisotopic (exact) mass is 232 g/mol. The van der Waals surface area contributed by atoms with E-state index in [-0.39, 0.29) is 18.1 Å². The molecule has 0 amide bonds. The first-order chi connectivity index (χ1) is 8.33. The van der Waals surface area contributed by atoms with Gasteiger partial charge in [0, 0.05) is 31.4 Å². The van der Waals surface area contributed by atoms with Crippen LogP contribution in [0.4, 0.5) is 0 Å². The summed E-state index contributed by atoms with van der Waals surface area (Å²) in [6, 6.07) is 0.226. The Balaban J connectivity index is 1.92. The number of carbonyl (C=O) groups excluding carboxylic acids is 1. The maximum absolute atomic E-state index is 11.8. The average molecular weight is 232 g/mol. The molecule has 3 rings (SSSR count). The van der Waals surface area contributed by atoms with E-state index >= 15 is 0 Å². The number of carbonyl (C=O) groups is 1. The summed E-state index contributed by atoms with van der Waals surface area (Å²) in [5.41, 5.74) is 1.06. The van der Waals surface area contributed by atoms with E-state index in [0.29, 0.717) is 6.42 Å². The van der Waals surface area contributed by atoms with Crippen LogP contribution >= 0.6 is 0 Å². The minimum absolute atomic E-state index is 0.112. The van der Waals surface area contributed by atoms with Crippen LogP contribution in [0.1, 0.15) is 6.42 Å². The zero-order chi connectivity index (χ0) is 11.7. The molecule has 0 bridgehead atoms. The van der Waals surface area contributed by atoms with Crippen LogP contribution in [-0.2, 0) is 9.53 Å². The molecule has 3 aliphatic rings. The molecule has 2 unspecified atom stereocenters. The molecule has 1 fully saturated rings. The highest BCUT2D eigenvalue weighted by atomic mass is 16.5. The van der Waals surface area contributed by atoms with Crippen molar-refractivity contribution in [3.8, 4) is 0 Å². The first kappa shape index (κ1) is 10.6. The van der Waals surface area contributed by atoms with Gasteiger partial charge >= 0.3 is 5.97 Å². The van der Waals surface area contributed by atoms with Gasteiger partial charge in [-0.05, 0) is 6.08 Å². The number of hydrogen-bond acceptors (Lipinski definition) is 4. The van der Waals surface area contributed by atoms with Gasteiger partial charge in [0.25, 0.3) is 0 Å². The molecule has 0 spiro atoms. The van der Waals surface area contributed by atoms with Gasteiger partial charge in [0.15, 0.2) is 0 Å². The normalized spacial score (nSPS) is 34.9. The maximum Gasteiger partial charge on any atom is 0.308 e. The topological polar surface area (TPSA) is 41.6 Å². The van der Waals surface area contributed by atoms with E-state index in [2.05, 4.69) is 16.4 Å². The molecule has 0 aromatic heterocycles. The molecule has 2 heterocycles. The Labute approximate surface area is 101 Å². The fraction of sp³-hybridized carbons (Fsp3) is 0.462. The molecule has 1 saturated heterocycles. The Bertz CT molecular complexity index is 412. The number of esters is 1. The predicted molar refractivity (Wildman–Crippen MR) is 64.2 cm³/mol. The predicted octanol–water partition coefficient (Wildman–Crippen LogP) is 0.586. The second-order valence-corrected chi connectivity index (χ2v) is 4.58. The number of allylic oxidation sites excluding steroid dienone is 2. The molecule has 0 aromatic carbocycles. The molecule has 4 heteroatoms. The Morgan fingerprint density at radius 2 is 2.35 bits per heavy atom. The highest BCUT2D eigenvalue weighted by Gasteiger charge is 2.28. The summed E-state index contributed by atoms with van der Waals surface area (Å²) in [4.78, 5) is 14.1. The lowest BCUT2D eigenvalue weighted by atomic mass is 10.0. The van der Waals surface area contributed by atoms with Gasteiger partial charge in [0.05, 0.1) is 12.5 Å². The molecule has 2 aliphatic heterocycles. The Morgan fingerprint density at radius 1 is 1.41 bits per heavy atom. The smallest absolute Gasteiger partial charge is 0.308 e. The molecule has 2 atom stereocenters. The zero-order valence-corrected chi connectivity index (χ0v) is 9.63. The molecule has 4 nitrogen and oxygen atoms in total. The summed E-state index contributed by atoms with van der Waals surface area (Å²) >= 11 is 0. The molecule has 90 valence electrons. The summed E-state index contributed by atoms with van der Waals surface area (Å²) in [6.07, 6.45) is 10.2. The van der Waals surface area contributed by atoms with Crippen LogP contribution in [0.15, 0.2) is 36.1 Å². The van der Waals surface area contributed by atoms with Crippen LogP contribution < -0.4 is 5.32 Å². The largest absolute Gasteiger partial charge is 0.453 e. The Hall–Kier alpha value is -1.55. The minimum atomic E-state index is -0.205. The van der Waals surface area contributed by atoms with Gasteiger partial charge in [-0.25, -0.2) is 0 Å². The van der Waals surface area contributed by atoms with Gasteiger partial charge in [-0.15, -0.1) is 0 Å². The van der Waals surface area contributed by atoms with Crippen molar-refractivity contribution in [2.75, 3.05) is 19.6 Å². The number of piperazine rings is 1. The maximum atomic E-state index is 11.8. The standard InChI is InChI=1S/C13H16N2O2/c16-13-7-11-8-14-5-6-15(11)9-10-3-1-2-4-12(10)17-13/h1-4,9,11-12,14H,5-8H2/b10-9-. The summed E-state index contributed by atoms with van der Waals surface area (Å²) in [7, 11) is 0. The SMILES string of the molecule is O=C1CC2CNCCN2/C=C2/C=CC=CC2O1. The van der Waals surface area contributed by atoms with E-state index in [9.17, 15) is 4.79 Å². The molecular formula is C13H16N2O2. The van der Waals surface area contributed by atoms with Crippen LogP contribution in [0.2, 0.25) is 0 Å². The Kier molecular flexibility index (Phi) is 2.73. The molecular weight excluding hydrogens is 216 g/mol. The number of nitrogens with one attached hydrogen (secondary N) is 1. The summed E-state index contributed by atoms with van der Waals surface area (Å²) in [5, 5.41) is 3.31. The lowest BCUT2D eigenvalue weighted by Gasteiger charge is -2.37. The Morgan fingerprint density at radius 3 is 3.29 bits per heavy atom. The molecule has 1 N–H and O–H groups in total. The van der Waals surface area contributed by atoms with Crippen molar-refractivity contribution in [1.82, 2.24) is 10.2 Å². The van der Waals surface area contributed by atoms with Crippen molar-refractivity contribution in [3.63, 3.8) is 0 Å². The van der Waals surface area contributed by atoms with E-state index in [1.165, 1.54) is 0 Å². The van der Waals surface area contributed by atoms with Crippen LogP contribution in [-0.4, -0.2) is 42.6 Å². The first-order valence-corrected chi connectivity index (χ1v) is 6.05. The van der Waals surface area contributed by atoms with Gasteiger partial charge < -0.3 is 15.0 Å². The number of fused-ring (bicyclic) bond motifs is 2. The van der Waals surface area contributed by atoms with E-state index in [1.807, 2.05) is 24.3 Å². The number of ether oxygens (including phenoxy) is 1. The second-order valence-electron chi connectivity index (χ2n) is 4.58. The van der Waals surface area contributed by atoms with Crippen molar-refractivity contribution in [2.45, 2.75) is 18.6 Å². The van der Waals surface area contributed by atoms with Crippen molar-refractivity contribution in [2.24, 2.45) is 0 Å². The highest BCUT2D eigenvalue weighted by Crippen LogP contribution is 2.22. The van der Waals surface area contributed by atoms with Gasteiger partial charge in [-0.1, -0.05) is 18.2 Å². The molecule has 0 radical (unpaired) electrons. The fourth-order valence-corrected chi connectivity index (χ4v) is 2.47. The summed E-state index contributed by atoms with van der Waals surface area (Å²) in [6.45, 7) is 2.77. The van der Waals surface area contributed by atoms with Gasteiger partial charge in [-0.3, -0.25) is 4.79 Å². The fourth-order valence-electron chi connectivity index (χ4n) is 2.47. The highest BCUT2D eigenvalue weighted by molar-refractivity contribution is 5.71. The molecule has 1 aliphatic carbocycles. The molecule has 0 saturated carbocycles. The van der Waals surface area contributed by atoms with Crippen LogP contribution in [0.5, 0.6) is 0 Å². The van der Waals surface area contributed by atoms with Gasteiger partial charge in [0.1, 0.15) is 6.10 Å². The lowest BCUT2D eigenvalue weighted by molar-refractivity contribution is -0.147. The molecule has 17 heavy (non-hydrogen) atoms. The lowest BCUT2D eigenvalue weighted by Crippen LogP contribution is -2.50. The van der Waals surface area contributed by atoms with E-state index in [4.69, 9.17) is 4.74 Å². The zero-order valence-electron chi connectivity index (χ0n) is 9.63. The second kappa shape index (κ2) is 4.37. The third kappa shape index (κ3) is 2.13. The number of nitrogens with zero attached hydrogens (tertiary/aromatic N) is 1. The van der Waals surface area contributed by atoms with Gasteiger partial charge in [-0.2, -0.15) is 0 Å². The first-order valence-electron chi connectivity index (χ1n) is 6.05. The van der Waals surface area contributed by atoms with Crippen molar-refractivity contribution < 1.29 is 9.53 Å². The average Bonchev–Trinajstić information content (AvgIpc) is 2.31. The summed E-state index contributed by atoms with van der Waals surface area (Å²) in [5.74, 6) is -0.112. The van der Waals surface area contributed by atoms with E-state index in [0.717, 1.165) is 25.2 Å². The van der Waals surface area contributed by atoms with Crippen molar-refractivity contribution >= 4 is 5.97 Å². The van der Waals surface area contributed by atoms with Crippen LogP contribution in [0.3, 0.4) is 0 Å². The number of rotatable bonds is 0. The molecule has 0 aromatic rings. The minimum Gasteiger partial charge on any atom is -0.453 e. The van der Waals surface area contributed by atoms with Crippen molar-refractivity contribution in [1.29, 1.82) is 0 Å². The van der Waals surface area contributed by atoms with Gasteiger partial charge in [0.2, 0.25) is 0 Å². The van der Waals surface area contributed by atoms with Crippen LogP contribution in [0, 0.1) is 0 Å². The third-order valence-electron chi connectivity index (χ3n) is 3.39. The van der Waals surface area contributed by atoms with E-state index in [1.54, 1.807) is 0 Å². The third-order valence-corrected chi connectivity index (χ3v) is 3.39.